The molecule has 0 radical (unpaired) electrons. The van der Waals surface area contributed by atoms with Crippen LogP contribution in [-0.4, -0.2) is 73.0 Å². The van der Waals surface area contributed by atoms with Crippen LogP contribution in [0.15, 0.2) is 29.2 Å². The van der Waals surface area contributed by atoms with Crippen molar-refractivity contribution in [2.24, 2.45) is 11.3 Å². The summed E-state index contributed by atoms with van der Waals surface area (Å²) in [7, 11) is 4.08. The second kappa shape index (κ2) is 11.7. The number of nitrogens with one attached hydrogen (secondary N) is 2. The second-order valence-corrected chi connectivity index (χ2v) is 11.1. The molecule has 0 spiro atoms. The van der Waals surface area contributed by atoms with Crippen LogP contribution in [0, 0.1) is 11.3 Å². The zero-order valence-electron chi connectivity index (χ0n) is 20.2. The molecule has 1 unspecified atom stereocenters. The third-order valence-corrected chi connectivity index (χ3v) is 6.60. The van der Waals surface area contributed by atoms with Crippen LogP contribution in [0.4, 0.5) is 5.69 Å². The van der Waals surface area contributed by atoms with E-state index in [4.69, 9.17) is 0 Å². The molecule has 1 aromatic carbocycles. The molecule has 32 heavy (non-hydrogen) atoms. The Morgan fingerprint density at radius 3 is 2.28 bits per heavy atom. The van der Waals surface area contributed by atoms with Crippen molar-refractivity contribution in [2.45, 2.75) is 50.7 Å². The van der Waals surface area contributed by atoms with Crippen molar-refractivity contribution in [1.82, 2.24) is 15.1 Å². The number of carbonyl (C=O) groups excluding carboxylic acids is 3. The molecule has 1 fully saturated rings. The van der Waals surface area contributed by atoms with Gasteiger partial charge in [-0.15, -0.1) is 11.8 Å². The molecule has 1 saturated heterocycles. The minimum absolute atomic E-state index is 0.0167. The van der Waals surface area contributed by atoms with Crippen molar-refractivity contribution in [3.63, 3.8) is 0 Å². The minimum atomic E-state index is -0.209. The maximum absolute atomic E-state index is 12.9. The van der Waals surface area contributed by atoms with E-state index >= 15 is 0 Å². The second-order valence-electron chi connectivity index (χ2n) is 9.69. The van der Waals surface area contributed by atoms with Crippen molar-refractivity contribution >= 4 is 35.2 Å². The van der Waals surface area contributed by atoms with E-state index in [1.807, 2.05) is 50.2 Å². The molecule has 1 aliphatic rings. The van der Waals surface area contributed by atoms with Crippen LogP contribution in [0.1, 0.15) is 40.5 Å². The maximum Gasteiger partial charge on any atom is 0.235 e. The number of benzene rings is 1. The van der Waals surface area contributed by atoms with E-state index in [1.165, 1.54) is 18.7 Å². The van der Waals surface area contributed by atoms with Gasteiger partial charge in [-0.1, -0.05) is 13.8 Å². The molecular weight excluding hydrogens is 424 g/mol. The fourth-order valence-electron chi connectivity index (χ4n) is 4.08. The zero-order chi connectivity index (χ0) is 23.9. The summed E-state index contributed by atoms with van der Waals surface area (Å²) in [5.74, 6) is 0.0688. The monoisotopic (exact) mass is 462 g/mol. The number of amides is 3. The van der Waals surface area contributed by atoms with Crippen LogP contribution >= 0.6 is 11.8 Å². The highest BCUT2D eigenvalue weighted by atomic mass is 32.2. The normalized spacial score (nSPS) is 16.0. The van der Waals surface area contributed by atoms with Crippen LogP contribution in [-0.2, 0) is 14.4 Å². The number of hydrogen-bond donors (Lipinski definition) is 2. The van der Waals surface area contributed by atoms with E-state index in [1.54, 1.807) is 0 Å². The highest BCUT2D eigenvalue weighted by molar-refractivity contribution is 8.00. The van der Waals surface area contributed by atoms with Gasteiger partial charge in [-0.05, 0) is 63.5 Å². The average Bonchev–Trinajstić information content (AvgIpc) is 2.71. The van der Waals surface area contributed by atoms with Gasteiger partial charge in [0.15, 0.2) is 0 Å². The van der Waals surface area contributed by atoms with Gasteiger partial charge < -0.3 is 20.4 Å². The first-order chi connectivity index (χ1) is 15.0. The SMILES string of the molecule is CC(=O)Nc1ccc(SC(C)C(=O)N2CCC(C(=O)NCC(C)(C)CN(C)C)CC2)cc1. The lowest BCUT2D eigenvalue weighted by Gasteiger charge is -2.34. The summed E-state index contributed by atoms with van der Waals surface area (Å²) in [5, 5.41) is 5.65. The smallest absolute Gasteiger partial charge is 0.235 e. The average molecular weight is 463 g/mol. The number of rotatable bonds is 9. The van der Waals surface area contributed by atoms with Crippen LogP contribution < -0.4 is 10.6 Å². The number of carbonyl (C=O) groups is 3. The van der Waals surface area contributed by atoms with E-state index in [9.17, 15) is 14.4 Å². The summed E-state index contributed by atoms with van der Waals surface area (Å²) in [5.41, 5.74) is 0.759. The first-order valence-electron chi connectivity index (χ1n) is 11.2. The Balaban J connectivity index is 1.78. The molecule has 1 aromatic rings. The number of thioether (sulfide) groups is 1. The molecule has 3 amide bonds. The topological polar surface area (TPSA) is 81.8 Å². The predicted octanol–water partition coefficient (Wildman–Crippen LogP) is 3.07. The Hall–Kier alpha value is -2.06. The molecular formula is C24H38N4O3S. The molecule has 2 rings (SSSR count). The summed E-state index contributed by atoms with van der Waals surface area (Å²) < 4.78 is 0. The molecule has 0 bridgehead atoms. The van der Waals surface area contributed by atoms with E-state index in [2.05, 4.69) is 29.4 Å². The van der Waals surface area contributed by atoms with Gasteiger partial charge in [-0.25, -0.2) is 0 Å². The molecule has 2 N–H and O–H groups in total. The summed E-state index contributed by atoms with van der Waals surface area (Å²) in [4.78, 5) is 41.6. The molecule has 178 valence electrons. The van der Waals surface area contributed by atoms with Crippen molar-refractivity contribution < 1.29 is 14.4 Å². The van der Waals surface area contributed by atoms with Crippen LogP contribution in [0.2, 0.25) is 0 Å². The molecule has 0 aliphatic carbocycles. The quantitative estimate of drug-likeness (QED) is 0.551. The minimum Gasteiger partial charge on any atom is -0.355 e. The molecule has 7 nitrogen and oxygen atoms in total. The highest BCUT2D eigenvalue weighted by Gasteiger charge is 2.30. The first-order valence-corrected chi connectivity index (χ1v) is 12.1. The first kappa shape index (κ1) is 26.2. The van der Waals surface area contributed by atoms with Crippen LogP contribution in [0.5, 0.6) is 0 Å². The molecule has 1 atom stereocenters. The van der Waals surface area contributed by atoms with E-state index in [0.717, 1.165) is 17.1 Å². The summed E-state index contributed by atoms with van der Waals surface area (Å²) >= 11 is 1.51. The van der Waals surface area contributed by atoms with Crippen LogP contribution in [0.3, 0.4) is 0 Å². The summed E-state index contributed by atoms with van der Waals surface area (Å²) in [6.07, 6.45) is 1.41. The Morgan fingerprint density at radius 1 is 1.16 bits per heavy atom. The van der Waals surface area contributed by atoms with Crippen LogP contribution in [0.25, 0.3) is 0 Å². The van der Waals surface area contributed by atoms with Crippen molar-refractivity contribution in [2.75, 3.05) is 45.6 Å². The number of hydrogen-bond acceptors (Lipinski definition) is 5. The molecule has 0 aromatic heterocycles. The number of anilines is 1. The lowest BCUT2D eigenvalue weighted by atomic mass is 9.91. The zero-order valence-corrected chi connectivity index (χ0v) is 21.1. The third kappa shape index (κ3) is 8.47. The van der Waals surface area contributed by atoms with Crippen molar-refractivity contribution in [3.8, 4) is 0 Å². The fraction of sp³-hybridized carbons (Fsp3) is 0.625. The Labute approximate surface area is 196 Å². The van der Waals surface area contributed by atoms with Crippen molar-refractivity contribution in [3.05, 3.63) is 24.3 Å². The predicted molar refractivity (Wildman–Crippen MR) is 131 cm³/mol. The Bertz CT molecular complexity index is 787. The van der Waals surface area contributed by atoms with Crippen molar-refractivity contribution in [1.29, 1.82) is 0 Å². The van der Waals surface area contributed by atoms with Gasteiger partial charge in [0.05, 0.1) is 5.25 Å². The lowest BCUT2D eigenvalue weighted by Crippen LogP contribution is -2.47. The largest absolute Gasteiger partial charge is 0.355 e. The summed E-state index contributed by atoms with van der Waals surface area (Å²) in [6.45, 7) is 10.5. The molecule has 1 heterocycles. The van der Waals surface area contributed by atoms with Gasteiger partial charge in [-0.2, -0.15) is 0 Å². The van der Waals surface area contributed by atoms with E-state index < -0.39 is 0 Å². The lowest BCUT2D eigenvalue weighted by molar-refractivity contribution is -0.135. The number of piperidine rings is 1. The number of likely N-dealkylation sites (tertiary alicyclic amines) is 1. The molecule has 1 aliphatic heterocycles. The van der Waals surface area contributed by atoms with Gasteiger partial charge in [-0.3, -0.25) is 14.4 Å². The fourth-order valence-corrected chi connectivity index (χ4v) is 5.03. The van der Waals surface area contributed by atoms with Gasteiger partial charge in [0, 0.05) is 49.6 Å². The van der Waals surface area contributed by atoms with E-state index in [-0.39, 0.29) is 34.3 Å². The van der Waals surface area contributed by atoms with E-state index in [0.29, 0.717) is 32.5 Å². The van der Waals surface area contributed by atoms with Gasteiger partial charge in [0.1, 0.15) is 0 Å². The maximum atomic E-state index is 12.9. The number of nitrogens with zero attached hydrogens (tertiary/aromatic N) is 2. The van der Waals surface area contributed by atoms with Gasteiger partial charge in [0.25, 0.3) is 0 Å². The summed E-state index contributed by atoms with van der Waals surface area (Å²) in [6, 6.07) is 7.50. The third-order valence-electron chi connectivity index (χ3n) is 5.50. The Kier molecular flexibility index (Phi) is 9.58. The highest BCUT2D eigenvalue weighted by Crippen LogP contribution is 2.27. The van der Waals surface area contributed by atoms with Gasteiger partial charge in [0.2, 0.25) is 17.7 Å². The Morgan fingerprint density at radius 2 is 1.75 bits per heavy atom. The molecule has 8 heteroatoms. The van der Waals surface area contributed by atoms with Gasteiger partial charge >= 0.3 is 0 Å². The molecule has 0 saturated carbocycles. The standard InChI is InChI=1S/C24H38N4O3S/c1-17(32-21-9-7-20(8-10-21)26-18(2)29)23(31)28-13-11-19(12-14-28)22(30)25-15-24(3,4)16-27(5)6/h7-10,17,19H,11-16H2,1-6H3,(H,25,30)(H,26,29).